The van der Waals surface area contributed by atoms with Gasteiger partial charge < -0.3 is 14.8 Å². The van der Waals surface area contributed by atoms with E-state index in [1.54, 1.807) is 31.2 Å². The van der Waals surface area contributed by atoms with E-state index in [1.807, 2.05) is 31.2 Å². The molecule has 2 rings (SSSR count). The van der Waals surface area contributed by atoms with Gasteiger partial charge in [-0.3, -0.25) is 0 Å². The molecule has 0 saturated carbocycles. The van der Waals surface area contributed by atoms with Gasteiger partial charge in [-0.2, -0.15) is 0 Å². The number of aryl methyl sites for hydroxylation is 1. The fourth-order valence-electron chi connectivity index (χ4n) is 1.89. The van der Waals surface area contributed by atoms with E-state index < -0.39 is 11.9 Å². The molecule has 0 aliphatic carbocycles. The molecule has 0 amide bonds. The molecule has 5 nitrogen and oxygen atoms in total. The van der Waals surface area contributed by atoms with Crippen molar-refractivity contribution in [1.29, 1.82) is 0 Å². The normalized spacial score (nSPS) is 10.4. The maximum atomic E-state index is 11.6. The van der Waals surface area contributed by atoms with Gasteiger partial charge >= 0.3 is 11.9 Å². The van der Waals surface area contributed by atoms with Crippen LogP contribution in [0, 0.1) is 6.92 Å². The molecular formula is C19H19NO4. The van der Waals surface area contributed by atoms with Crippen LogP contribution in [0.2, 0.25) is 0 Å². The molecule has 0 radical (unpaired) electrons. The molecule has 5 heteroatoms. The summed E-state index contributed by atoms with van der Waals surface area (Å²) >= 11 is 0. The molecule has 0 atom stereocenters. The number of nitrogens with one attached hydrogen (secondary N) is 1. The molecule has 0 aromatic heterocycles. The van der Waals surface area contributed by atoms with Gasteiger partial charge in [-0.25, -0.2) is 9.59 Å². The van der Waals surface area contributed by atoms with Crippen molar-refractivity contribution in [3.63, 3.8) is 0 Å². The minimum absolute atomic E-state index is 0.258. The van der Waals surface area contributed by atoms with Crippen molar-refractivity contribution >= 4 is 23.3 Å². The number of hydrogen-bond acceptors (Lipinski definition) is 5. The monoisotopic (exact) mass is 325 g/mol. The summed E-state index contributed by atoms with van der Waals surface area (Å²) in [5.74, 6) is -0.822. The third kappa shape index (κ3) is 5.61. The Bertz CT molecular complexity index is 718. The number of carbonyl (C=O) groups is 2. The van der Waals surface area contributed by atoms with E-state index in [1.165, 1.54) is 5.56 Å². The van der Waals surface area contributed by atoms with Gasteiger partial charge in [0.05, 0.1) is 6.61 Å². The smallest absolute Gasteiger partial charge is 0.336 e. The van der Waals surface area contributed by atoms with Crippen molar-refractivity contribution in [2.75, 3.05) is 11.9 Å². The van der Waals surface area contributed by atoms with Gasteiger partial charge in [-0.1, -0.05) is 17.7 Å². The van der Waals surface area contributed by atoms with Crippen LogP contribution in [0.5, 0.6) is 5.75 Å². The molecule has 0 fully saturated rings. The zero-order valence-corrected chi connectivity index (χ0v) is 13.6. The van der Waals surface area contributed by atoms with Crippen LogP contribution in [0.3, 0.4) is 0 Å². The molecule has 24 heavy (non-hydrogen) atoms. The van der Waals surface area contributed by atoms with E-state index in [0.29, 0.717) is 5.75 Å². The predicted molar refractivity (Wildman–Crippen MR) is 92.3 cm³/mol. The average Bonchev–Trinajstić information content (AvgIpc) is 2.57. The van der Waals surface area contributed by atoms with Crippen LogP contribution in [0.4, 0.5) is 11.4 Å². The fraction of sp³-hybridized carbons (Fsp3) is 0.158. The van der Waals surface area contributed by atoms with Crippen LogP contribution >= 0.6 is 0 Å². The second-order valence-corrected chi connectivity index (χ2v) is 5.02. The van der Waals surface area contributed by atoms with Crippen molar-refractivity contribution in [3.05, 3.63) is 66.2 Å². The Hall–Kier alpha value is -3.08. The van der Waals surface area contributed by atoms with E-state index in [9.17, 15) is 9.59 Å². The SMILES string of the molecule is CCOC(=O)C=CC(=O)Oc1ccc(Nc2ccc(C)cc2)cc1. The van der Waals surface area contributed by atoms with Crippen LogP contribution in [0.25, 0.3) is 0 Å². The number of carbonyl (C=O) groups excluding carboxylic acids is 2. The van der Waals surface area contributed by atoms with E-state index in [2.05, 4.69) is 10.1 Å². The summed E-state index contributed by atoms with van der Waals surface area (Å²) in [6.07, 6.45) is 2.08. The number of benzene rings is 2. The summed E-state index contributed by atoms with van der Waals surface area (Å²) in [6, 6.07) is 15.0. The first kappa shape index (κ1) is 17.3. The van der Waals surface area contributed by atoms with Crippen LogP contribution < -0.4 is 10.1 Å². The van der Waals surface area contributed by atoms with Crippen molar-refractivity contribution in [1.82, 2.24) is 0 Å². The third-order valence-corrected chi connectivity index (χ3v) is 3.06. The summed E-state index contributed by atoms with van der Waals surface area (Å²) in [6.45, 7) is 3.98. The van der Waals surface area contributed by atoms with E-state index in [4.69, 9.17) is 4.74 Å². The van der Waals surface area contributed by atoms with Crippen LogP contribution in [0.15, 0.2) is 60.7 Å². The molecule has 2 aromatic rings. The Balaban J connectivity index is 1.90. The van der Waals surface area contributed by atoms with Crippen LogP contribution in [-0.4, -0.2) is 18.5 Å². The molecule has 0 aliphatic heterocycles. The Morgan fingerprint density at radius 2 is 1.46 bits per heavy atom. The molecule has 2 aromatic carbocycles. The van der Waals surface area contributed by atoms with Gasteiger partial charge in [0, 0.05) is 23.5 Å². The zero-order valence-electron chi connectivity index (χ0n) is 13.6. The Morgan fingerprint density at radius 3 is 2.04 bits per heavy atom. The number of ether oxygens (including phenoxy) is 2. The highest BCUT2D eigenvalue weighted by Crippen LogP contribution is 2.20. The first-order chi connectivity index (χ1) is 11.6. The lowest BCUT2D eigenvalue weighted by Gasteiger charge is -2.08. The van der Waals surface area contributed by atoms with E-state index in [0.717, 1.165) is 23.5 Å². The Labute approximate surface area is 140 Å². The quantitative estimate of drug-likeness (QED) is 0.498. The highest BCUT2D eigenvalue weighted by molar-refractivity contribution is 5.92. The summed E-state index contributed by atoms with van der Waals surface area (Å²) < 4.78 is 9.78. The van der Waals surface area contributed by atoms with Crippen molar-refractivity contribution < 1.29 is 19.1 Å². The number of esters is 2. The highest BCUT2D eigenvalue weighted by Gasteiger charge is 2.03. The summed E-state index contributed by atoms with van der Waals surface area (Å²) in [5.41, 5.74) is 3.04. The molecule has 0 bridgehead atoms. The fourth-order valence-corrected chi connectivity index (χ4v) is 1.89. The first-order valence-corrected chi connectivity index (χ1v) is 7.57. The molecule has 0 heterocycles. The van der Waals surface area contributed by atoms with Crippen molar-refractivity contribution in [2.24, 2.45) is 0 Å². The number of anilines is 2. The zero-order chi connectivity index (χ0) is 17.4. The Morgan fingerprint density at radius 1 is 0.917 bits per heavy atom. The molecule has 124 valence electrons. The second-order valence-electron chi connectivity index (χ2n) is 5.02. The standard InChI is InChI=1S/C19H19NO4/c1-3-23-18(21)12-13-19(22)24-17-10-8-16(9-11-17)20-15-6-4-14(2)5-7-15/h4-13,20H,3H2,1-2H3. The van der Waals surface area contributed by atoms with Crippen LogP contribution in [-0.2, 0) is 14.3 Å². The lowest BCUT2D eigenvalue weighted by atomic mass is 10.2. The topological polar surface area (TPSA) is 64.6 Å². The van der Waals surface area contributed by atoms with Crippen molar-refractivity contribution in [2.45, 2.75) is 13.8 Å². The van der Waals surface area contributed by atoms with Gasteiger partial charge in [0.15, 0.2) is 0 Å². The van der Waals surface area contributed by atoms with Gasteiger partial charge in [0.1, 0.15) is 5.75 Å². The lowest BCUT2D eigenvalue weighted by molar-refractivity contribution is -0.138. The number of hydrogen-bond donors (Lipinski definition) is 1. The summed E-state index contributed by atoms with van der Waals surface area (Å²) in [5, 5.41) is 3.25. The maximum Gasteiger partial charge on any atom is 0.336 e. The van der Waals surface area contributed by atoms with Gasteiger partial charge in [0.2, 0.25) is 0 Å². The van der Waals surface area contributed by atoms with Gasteiger partial charge in [0.25, 0.3) is 0 Å². The molecule has 0 saturated heterocycles. The molecule has 1 N–H and O–H groups in total. The second kappa shape index (κ2) is 8.53. The lowest BCUT2D eigenvalue weighted by Crippen LogP contribution is -2.06. The molecule has 0 unspecified atom stereocenters. The first-order valence-electron chi connectivity index (χ1n) is 7.57. The van der Waals surface area contributed by atoms with E-state index in [-0.39, 0.29) is 6.61 Å². The van der Waals surface area contributed by atoms with E-state index >= 15 is 0 Å². The molecule has 0 aliphatic rings. The maximum absolute atomic E-state index is 11.6. The highest BCUT2D eigenvalue weighted by atomic mass is 16.5. The summed E-state index contributed by atoms with van der Waals surface area (Å²) in [7, 11) is 0. The predicted octanol–water partition coefficient (Wildman–Crippen LogP) is 3.76. The largest absolute Gasteiger partial charge is 0.463 e. The van der Waals surface area contributed by atoms with Crippen molar-refractivity contribution in [3.8, 4) is 5.75 Å². The number of rotatable bonds is 6. The molecular weight excluding hydrogens is 306 g/mol. The third-order valence-electron chi connectivity index (χ3n) is 3.06. The summed E-state index contributed by atoms with van der Waals surface area (Å²) in [4.78, 5) is 22.7. The minimum Gasteiger partial charge on any atom is -0.463 e. The Kier molecular flexibility index (Phi) is 6.14. The minimum atomic E-state index is -0.637. The van der Waals surface area contributed by atoms with Crippen LogP contribution in [0.1, 0.15) is 12.5 Å². The average molecular weight is 325 g/mol. The van der Waals surface area contributed by atoms with Gasteiger partial charge in [-0.15, -0.1) is 0 Å². The van der Waals surface area contributed by atoms with Gasteiger partial charge in [-0.05, 0) is 50.2 Å². The molecule has 0 spiro atoms.